The monoisotopic (exact) mass is 452 g/mol. The van der Waals surface area contributed by atoms with E-state index in [2.05, 4.69) is 37.8 Å². The maximum atomic E-state index is 11.9. The largest absolute Gasteiger partial charge is 0.487 e. The molecule has 0 amide bonds. The number of rotatable bonds is 10. The van der Waals surface area contributed by atoms with E-state index in [-0.39, 0.29) is 30.5 Å². The number of nitrogens with zero attached hydrogens (tertiary/aromatic N) is 1. The van der Waals surface area contributed by atoms with Gasteiger partial charge in [0.1, 0.15) is 24.7 Å². The Morgan fingerprint density at radius 1 is 1.15 bits per heavy atom. The molecule has 0 spiro atoms. The molecule has 0 aliphatic heterocycles. The molecule has 0 aliphatic rings. The molecule has 176 valence electrons. The second-order valence-corrected chi connectivity index (χ2v) is 8.73. The van der Waals surface area contributed by atoms with Gasteiger partial charge in [0.25, 0.3) is 0 Å². The van der Waals surface area contributed by atoms with Gasteiger partial charge < -0.3 is 20.0 Å². The molecule has 1 unspecified atom stereocenters. The quantitative estimate of drug-likeness (QED) is 0.174. The van der Waals surface area contributed by atoms with Crippen LogP contribution in [0.4, 0.5) is 5.69 Å². The predicted octanol–water partition coefficient (Wildman–Crippen LogP) is 4.97. The van der Waals surface area contributed by atoms with Crippen molar-refractivity contribution in [2.45, 2.75) is 46.1 Å². The van der Waals surface area contributed by atoms with Gasteiger partial charge in [-0.2, -0.15) is 0 Å². The van der Waals surface area contributed by atoms with Crippen LogP contribution in [0.25, 0.3) is 0 Å². The van der Waals surface area contributed by atoms with Gasteiger partial charge in [-0.1, -0.05) is 44.6 Å². The predicted molar refractivity (Wildman–Crippen MR) is 130 cm³/mol. The molecule has 0 aromatic heterocycles. The minimum absolute atomic E-state index is 0.0248. The zero-order chi connectivity index (χ0) is 24.6. The number of hydrogen-bond donors (Lipinski definition) is 2. The summed E-state index contributed by atoms with van der Waals surface area (Å²) in [6.07, 6.45) is 1.50. The fourth-order valence-electron chi connectivity index (χ4n) is 3.03. The SMILES string of the molecule is C=CCOC(=O)c1ccc(OCC(=NO)c2ccc(NC(C)C(C)=O)c(C(C)(C)C)c2)cc1. The van der Waals surface area contributed by atoms with E-state index in [0.717, 1.165) is 11.3 Å². The van der Waals surface area contributed by atoms with E-state index in [1.807, 2.05) is 25.1 Å². The molecule has 0 bridgehead atoms. The van der Waals surface area contributed by atoms with E-state index in [9.17, 15) is 14.8 Å². The summed E-state index contributed by atoms with van der Waals surface area (Å²) >= 11 is 0. The molecule has 0 fully saturated rings. The van der Waals surface area contributed by atoms with E-state index in [4.69, 9.17) is 9.47 Å². The molecule has 0 saturated heterocycles. The van der Waals surface area contributed by atoms with Gasteiger partial charge in [0.05, 0.1) is 11.6 Å². The van der Waals surface area contributed by atoms with Crippen LogP contribution >= 0.6 is 0 Å². The van der Waals surface area contributed by atoms with Crippen molar-refractivity contribution in [3.8, 4) is 5.75 Å². The van der Waals surface area contributed by atoms with Crippen LogP contribution in [0.5, 0.6) is 5.75 Å². The molecule has 33 heavy (non-hydrogen) atoms. The van der Waals surface area contributed by atoms with Crippen LogP contribution in [-0.2, 0) is 14.9 Å². The van der Waals surface area contributed by atoms with Crippen LogP contribution in [0.15, 0.2) is 60.3 Å². The molecule has 0 saturated carbocycles. The van der Waals surface area contributed by atoms with Crippen molar-refractivity contribution in [1.82, 2.24) is 0 Å². The Bertz CT molecular complexity index is 1020. The Hall–Kier alpha value is -3.61. The Labute approximate surface area is 195 Å². The molecule has 0 aliphatic carbocycles. The summed E-state index contributed by atoms with van der Waals surface area (Å²) in [5.41, 5.74) is 3.07. The van der Waals surface area contributed by atoms with Crippen molar-refractivity contribution in [1.29, 1.82) is 0 Å². The van der Waals surface area contributed by atoms with E-state index < -0.39 is 5.97 Å². The Kier molecular flexibility index (Phi) is 8.79. The number of anilines is 1. The van der Waals surface area contributed by atoms with Crippen molar-refractivity contribution < 1.29 is 24.3 Å². The number of benzene rings is 2. The van der Waals surface area contributed by atoms with Gasteiger partial charge in [0.2, 0.25) is 0 Å². The summed E-state index contributed by atoms with van der Waals surface area (Å²) in [5.74, 6) is 0.118. The lowest BCUT2D eigenvalue weighted by Gasteiger charge is -2.26. The van der Waals surface area contributed by atoms with Crippen molar-refractivity contribution in [2.75, 3.05) is 18.5 Å². The first-order chi connectivity index (χ1) is 15.6. The van der Waals surface area contributed by atoms with Gasteiger partial charge in [-0.05, 0) is 61.2 Å². The highest BCUT2D eigenvalue weighted by atomic mass is 16.5. The lowest BCUT2D eigenvalue weighted by Crippen LogP contribution is -2.26. The first-order valence-corrected chi connectivity index (χ1v) is 10.7. The number of esters is 1. The average molecular weight is 453 g/mol. The third kappa shape index (κ3) is 7.20. The number of carbonyl (C=O) groups is 2. The Morgan fingerprint density at radius 2 is 1.79 bits per heavy atom. The molecular formula is C26H32N2O5. The van der Waals surface area contributed by atoms with Crippen LogP contribution in [0, 0.1) is 0 Å². The van der Waals surface area contributed by atoms with Crippen LogP contribution in [-0.4, -0.2) is 41.9 Å². The molecule has 7 nitrogen and oxygen atoms in total. The first kappa shape index (κ1) is 25.6. The summed E-state index contributed by atoms with van der Waals surface area (Å²) in [7, 11) is 0. The summed E-state index contributed by atoms with van der Waals surface area (Å²) in [6.45, 7) is 13.3. The highest BCUT2D eigenvalue weighted by Crippen LogP contribution is 2.31. The van der Waals surface area contributed by atoms with Gasteiger partial charge in [0, 0.05) is 11.3 Å². The minimum Gasteiger partial charge on any atom is -0.487 e. The van der Waals surface area contributed by atoms with Crippen LogP contribution < -0.4 is 10.1 Å². The number of carbonyl (C=O) groups excluding carboxylic acids is 2. The Balaban J connectivity index is 2.17. The number of oxime groups is 1. The van der Waals surface area contributed by atoms with Crippen molar-refractivity contribution >= 4 is 23.2 Å². The molecule has 2 aromatic rings. The summed E-state index contributed by atoms with van der Waals surface area (Å²) in [4.78, 5) is 23.6. The molecule has 2 N–H and O–H groups in total. The number of nitrogens with one attached hydrogen (secondary N) is 1. The fraction of sp³-hybridized carbons (Fsp3) is 0.346. The number of Topliss-reactive ketones (excluding diaryl/α,β-unsaturated/α-hetero) is 1. The third-order valence-corrected chi connectivity index (χ3v) is 5.06. The molecule has 0 heterocycles. The molecule has 2 rings (SSSR count). The van der Waals surface area contributed by atoms with Gasteiger partial charge in [0.15, 0.2) is 5.78 Å². The maximum absolute atomic E-state index is 11.9. The van der Waals surface area contributed by atoms with Gasteiger partial charge in [-0.25, -0.2) is 4.79 Å². The molecule has 7 heteroatoms. The van der Waals surface area contributed by atoms with Gasteiger partial charge >= 0.3 is 5.97 Å². The normalized spacial score (nSPS) is 12.6. The first-order valence-electron chi connectivity index (χ1n) is 10.7. The molecule has 2 aromatic carbocycles. The summed E-state index contributed by atoms with van der Waals surface area (Å²) in [6, 6.07) is 11.8. The number of hydrogen-bond acceptors (Lipinski definition) is 7. The van der Waals surface area contributed by atoms with Crippen LogP contribution in [0.2, 0.25) is 0 Å². The number of ketones is 1. The summed E-state index contributed by atoms with van der Waals surface area (Å²) in [5, 5.41) is 16.3. The third-order valence-electron chi connectivity index (χ3n) is 5.06. The van der Waals surface area contributed by atoms with E-state index >= 15 is 0 Å². The smallest absolute Gasteiger partial charge is 0.338 e. The van der Waals surface area contributed by atoms with E-state index in [1.165, 1.54) is 6.08 Å². The van der Waals surface area contributed by atoms with Crippen LogP contribution in [0.3, 0.4) is 0 Å². The van der Waals surface area contributed by atoms with Gasteiger partial charge in [-0.3, -0.25) is 4.79 Å². The maximum Gasteiger partial charge on any atom is 0.338 e. The molecule has 1 atom stereocenters. The van der Waals surface area contributed by atoms with E-state index in [1.54, 1.807) is 31.2 Å². The topological polar surface area (TPSA) is 97.2 Å². The van der Waals surface area contributed by atoms with Crippen LogP contribution in [0.1, 0.15) is 56.1 Å². The standard InChI is InChI=1S/C26H32N2O5/c1-7-14-32-25(30)19-8-11-21(12-9-19)33-16-24(28-31)20-10-13-23(27-17(2)18(3)29)22(15-20)26(4,5)6/h7-13,15,17,27,31H,1,14,16H2,2-6H3. The highest BCUT2D eigenvalue weighted by molar-refractivity contribution is 6.02. The molecular weight excluding hydrogens is 420 g/mol. The zero-order valence-corrected chi connectivity index (χ0v) is 19.8. The fourth-order valence-corrected chi connectivity index (χ4v) is 3.03. The number of ether oxygens (including phenoxy) is 2. The van der Waals surface area contributed by atoms with Crippen molar-refractivity contribution in [3.63, 3.8) is 0 Å². The lowest BCUT2D eigenvalue weighted by molar-refractivity contribution is -0.117. The summed E-state index contributed by atoms with van der Waals surface area (Å²) < 4.78 is 10.8. The van der Waals surface area contributed by atoms with Gasteiger partial charge in [-0.15, -0.1) is 0 Å². The average Bonchev–Trinajstić information content (AvgIpc) is 2.78. The second-order valence-electron chi connectivity index (χ2n) is 8.73. The lowest BCUT2D eigenvalue weighted by atomic mass is 9.84. The van der Waals surface area contributed by atoms with Crippen molar-refractivity contribution in [2.24, 2.45) is 5.16 Å². The second kappa shape index (κ2) is 11.3. The minimum atomic E-state index is -0.443. The zero-order valence-electron chi connectivity index (χ0n) is 19.8. The van der Waals surface area contributed by atoms with Crippen molar-refractivity contribution in [3.05, 3.63) is 71.8 Å². The van der Waals surface area contributed by atoms with E-state index in [0.29, 0.717) is 22.6 Å². The Morgan fingerprint density at radius 3 is 2.33 bits per heavy atom. The highest BCUT2D eigenvalue weighted by Gasteiger charge is 2.21. The molecule has 0 radical (unpaired) electrons.